The second-order valence-corrected chi connectivity index (χ2v) is 2.72. The summed E-state index contributed by atoms with van der Waals surface area (Å²) in [4.78, 5) is 3.96. The summed E-state index contributed by atoms with van der Waals surface area (Å²) in [6.45, 7) is 0.129. The number of aromatic nitrogens is 1. The van der Waals surface area contributed by atoms with Crippen LogP contribution >= 0.6 is 0 Å². The Hall–Kier alpha value is -1.33. The average Bonchev–Trinajstić information content (AvgIpc) is 2.27. The molecular formula is C9H14N2O3. The van der Waals surface area contributed by atoms with Crippen molar-refractivity contribution in [3.8, 4) is 11.6 Å². The van der Waals surface area contributed by atoms with Crippen LogP contribution in [0, 0.1) is 0 Å². The fourth-order valence-electron chi connectivity index (χ4n) is 1.10. The summed E-state index contributed by atoms with van der Waals surface area (Å²) in [5, 5.41) is 9.52. The lowest BCUT2D eigenvalue weighted by atomic mass is 10.1. The van der Waals surface area contributed by atoms with Gasteiger partial charge in [0.15, 0.2) is 0 Å². The molecule has 1 aromatic rings. The molecule has 5 nitrogen and oxygen atoms in total. The summed E-state index contributed by atoms with van der Waals surface area (Å²) in [6, 6.07) is 1.61. The van der Waals surface area contributed by atoms with Crippen LogP contribution in [0.5, 0.6) is 11.6 Å². The number of pyridine rings is 1. The van der Waals surface area contributed by atoms with Gasteiger partial charge in [0.05, 0.1) is 20.3 Å². The molecule has 0 bridgehead atoms. The molecule has 0 fully saturated rings. The highest BCUT2D eigenvalue weighted by Crippen LogP contribution is 2.26. The monoisotopic (exact) mass is 198 g/mol. The van der Waals surface area contributed by atoms with Gasteiger partial charge in [-0.3, -0.25) is 0 Å². The molecule has 0 aliphatic carbocycles. The third-order valence-electron chi connectivity index (χ3n) is 1.88. The molecule has 0 saturated carbocycles. The van der Waals surface area contributed by atoms with Crippen molar-refractivity contribution < 1.29 is 14.6 Å². The zero-order valence-electron chi connectivity index (χ0n) is 8.23. The first-order valence-electron chi connectivity index (χ1n) is 4.19. The van der Waals surface area contributed by atoms with E-state index in [1.165, 1.54) is 20.4 Å². The van der Waals surface area contributed by atoms with Crippen molar-refractivity contribution in [1.29, 1.82) is 0 Å². The summed E-state index contributed by atoms with van der Waals surface area (Å²) in [5.41, 5.74) is 5.90. The molecule has 78 valence electrons. The molecule has 0 aromatic carbocycles. The van der Waals surface area contributed by atoms with Gasteiger partial charge in [-0.1, -0.05) is 0 Å². The van der Waals surface area contributed by atoms with Crippen LogP contribution in [-0.4, -0.2) is 30.9 Å². The van der Waals surface area contributed by atoms with Gasteiger partial charge in [-0.2, -0.15) is 0 Å². The minimum atomic E-state index is -0.761. The Morgan fingerprint density at radius 2 is 2.21 bits per heavy atom. The van der Waals surface area contributed by atoms with Crippen molar-refractivity contribution in [3.05, 3.63) is 17.8 Å². The standard InChI is InChI=1S/C9H14N2O3/c1-13-8-3-9(14-2)11-5-6(8)7(12)4-10/h3,5,7,12H,4,10H2,1-2H3. The van der Waals surface area contributed by atoms with Crippen LogP contribution in [-0.2, 0) is 0 Å². The van der Waals surface area contributed by atoms with Crippen LogP contribution < -0.4 is 15.2 Å². The van der Waals surface area contributed by atoms with E-state index < -0.39 is 6.10 Å². The molecule has 0 spiro atoms. The molecular weight excluding hydrogens is 184 g/mol. The van der Waals surface area contributed by atoms with E-state index in [4.69, 9.17) is 15.2 Å². The SMILES string of the molecule is COc1cc(OC)c(C(O)CN)cn1. The smallest absolute Gasteiger partial charge is 0.216 e. The second-order valence-electron chi connectivity index (χ2n) is 2.72. The van der Waals surface area contributed by atoms with E-state index in [1.807, 2.05) is 0 Å². The Morgan fingerprint density at radius 1 is 1.50 bits per heavy atom. The first-order chi connectivity index (χ1) is 6.72. The minimum Gasteiger partial charge on any atom is -0.496 e. The van der Waals surface area contributed by atoms with Crippen LogP contribution in [0.15, 0.2) is 12.3 Å². The molecule has 3 N–H and O–H groups in total. The summed E-state index contributed by atoms with van der Waals surface area (Å²) in [5.74, 6) is 0.963. The molecule has 1 aromatic heterocycles. The van der Waals surface area contributed by atoms with Gasteiger partial charge in [-0.25, -0.2) is 4.98 Å². The van der Waals surface area contributed by atoms with Crippen LogP contribution in [0.2, 0.25) is 0 Å². The molecule has 0 saturated heterocycles. The largest absolute Gasteiger partial charge is 0.496 e. The predicted molar refractivity (Wildman–Crippen MR) is 51.4 cm³/mol. The first-order valence-corrected chi connectivity index (χ1v) is 4.19. The molecule has 1 heterocycles. The zero-order valence-corrected chi connectivity index (χ0v) is 8.23. The van der Waals surface area contributed by atoms with E-state index in [-0.39, 0.29) is 6.54 Å². The maximum Gasteiger partial charge on any atom is 0.216 e. The first kappa shape index (κ1) is 10.7. The second kappa shape index (κ2) is 4.78. The number of nitrogens with zero attached hydrogens (tertiary/aromatic N) is 1. The molecule has 0 aliphatic rings. The number of ether oxygens (including phenoxy) is 2. The van der Waals surface area contributed by atoms with Gasteiger partial charge in [0.25, 0.3) is 0 Å². The van der Waals surface area contributed by atoms with E-state index in [2.05, 4.69) is 4.98 Å². The van der Waals surface area contributed by atoms with Gasteiger partial charge >= 0.3 is 0 Å². The number of rotatable bonds is 4. The fourth-order valence-corrected chi connectivity index (χ4v) is 1.10. The van der Waals surface area contributed by atoms with E-state index >= 15 is 0 Å². The van der Waals surface area contributed by atoms with E-state index in [9.17, 15) is 5.11 Å². The molecule has 14 heavy (non-hydrogen) atoms. The zero-order chi connectivity index (χ0) is 10.6. The van der Waals surface area contributed by atoms with Gasteiger partial charge in [0.1, 0.15) is 5.75 Å². The Labute approximate surface area is 82.5 Å². The van der Waals surface area contributed by atoms with Crippen molar-refractivity contribution in [2.45, 2.75) is 6.10 Å². The number of nitrogens with two attached hydrogens (primary N) is 1. The molecule has 0 radical (unpaired) electrons. The van der Waals surface area contributed by atoms with Crippen molar-refractivity contribution >= 4 is 0 Å². The number of aliphatic hydroxyl groups is 1. The summed E-state index contributed by atoms with van der Waals surface area (Å²) in [7, 11) is 3.03. The Balaban J connectivity index is 3.04. The fraction of sp³-hybridized carbons (Fsp3) is 0.444. The number of aliphatic hydroxyl groups excluding tert-OH is 1. The van der Waals surface area contributed by atoms with E-state index in [0.717, 1.165) is 0 Å². The number of methoxy groups -OCH3 is 2. The highest BCUT2D eigenvalue weighted by atomic mass is 16.5. The summed E-state index contributed by atoms with van der Waals surface area (Å²) >= 11 is 0. The molecule has 1 unspecified atom stereocenters. The van der Waals surface area contributed by atoms with Gasteiger partial charge in [0, 0.05) is 24.4 Å². The highest BCUT2D eigenvalue weighted by molar-refractivity contribution is 5.37. The van der Waals surface area contributed by atoms with E-state index in [1.54, 1.807) is 6.07 Å². The van der Waals surface area contributed by atoms with Crippen molar-refractivity contribution in [2.75, 3.05) is 20.8 Å². The minimum absolute atomic E-state index is 0.129. The van der Waals surface area contributed by atoms with Crippen molar-refractivity contribution in [3.63, 3.8) is 0 Å². The lowest BCUT2D eigenvalue weighted by molar-refractivity contribution is 0.181. The lowest BCUT2D eigenvalue weighted by Crippen LogP contribution is -2.13. The van der Waals surface area contributed by atoms with Crippen molar-refractivity contribution in [2.24, 2.45) is 5.73 Å². The predicted octanol–water partition coefficient (Wildman–Crippen LogP) is 0.0909. The number of hydrogen-bond donors (Lipinski definition) is 2. The lowest BCUT2D eigenvalue weighted by Gasteiger charge is -2.12. The molecule has 0 aliphatic heterocycles. The average molecular weight is 198 g/mol. The normalized spacial score (nSPS) is 12.3. The summed E-state index contributed by atoms with van der Waals surface area (Å²) in [6.07, 6.45) is 0.734. The maximum atomic E-state index is 9.52. The maximum absolute atomic E-state index is 9.52. The van der Waals surface area contributed by atoms with Crippen LogP contribution in [0.4, 0.5) is 0 Å². The van der Waals surface area contributed by atoms with Gasteiger partial charge in [-0.05, 0) is 0 Å². The third-order valence-corrected chi connectivity index (χ3v) is 1.88. The molecule has 1 atom stereocenters. The van der Waals surface area contributed by atoms with Gasteiger partial charge in [-0.15, -0.1) is 0 Å². The van der Waals surface area contributed by atoms with Crippen LogP contribution in [0.1, 0.15) is 11.7 Å². The van der Waals surface area contributed by atoms with Crippen LogP contribution in [0.3, 0.4) is 0 Å². The Kier molecular flexibility index (Phi) is 3.67. The van der Waals surface area contributed by atoms with Crippen LogP contribution in [0.25, 0.3) is 0 Å². The Morgan fingerprint density at radius 3 is 2.71 bits per heavy atom. The summed E-state index contributed by atoms with van der Waals surface area (Å²) < 4.78 is 10.00. The third kappa shape index (κ3) is 2.12. The molecule has 0 amide bonds. The quantitative estimate of drug-likeness (QED) is 0.717. The van der Waals surface area contributed by atoms with Gasteiger partial charge < -0.3 is 20.3 Å². The topological polar surface area (TPSA) is 77.6 Å². The molecule has 5 heteroatoms. The van der Waals surface area contributed by atoms with E-state index in [0.29, 0.717) is 17.2 Å². The number of hydrogen-bond acceptors (Lipinski definition) is 5. The molecule has 1 rings (SSSR count). The van der Waals surface area contributed by atoms with Crippen molar-refractivity contribution in [1.82, 2.24) is 4.98 Å². The highest BCUT2D eigenvalue weighted by Gasteiger charge is 2.13. The van der Waals surface area contributed by atoms with Gasteiger partial charge in [0.2, 0.25) is 5.88 Å². The Bertz CT molecular complexity index is 304.